The third kappa shape index (κ3) is 67.1. The smallest absolute Gasteiger partial charge is 0.305 e. The first kappa shape index (κ1) is 79.1. The zero-order valence-corrected chi connectivity index (χ0v) is 54.8. The minimum atomic E-state index is -0.659. The van der Waals surface area contributed by atoms with Gasteiger partial charge in [0.1, 0.15) is 0 Å². The summed E-state index contributed by atoms with van der Waals surface area (Å²) >= 11 is 0. The van der Waals surface area contributed by atoms with Crippen LogP contribution in [0.5, 0.6) is 0 Å². The van der Waals surface area contributed by atoms with Gasteiger partial charge in [-0.05, 0) is 83.5 Å². The molecule has 0 saturated carbocycles. The summed E-state index contributed by atoms with van der Waals surface area (Å²) in [4.78, 5) is 24.5. The van der Waals surface area contributed by atoms with Crippen LogP contribution in [-0.2, 0) is 14.3 Å². The molecule has 0 bridgehead atoms. The average molecular weight is 1140 g/mol. The highest BCUT2D eigenvalue weighted by Gasteiger charge is 2.20. The molecule has 1 amide bonds. The Morgan fingerprint density at radius 1 is 0.346 bits per heavy atom. The van der Waals surface area contributed by atoms with Gasteiger partial charge in [-0.15, -0.1) is 0 Å². The van der Waals surface area contributed by atoms with Crippen LogP contribution in [0, 0.1) is 0 Å². The summed E-state index contributed by atoms with van der Waals surface area (Å²) in [5.74, 6) is -0.0222. The van der Waals surface area contributed by atoms with Crippen LogP contribution in [0.3, 0.4) is 0 Å². The maximum Gasteiger partial charge on any atom is 0.305 e. The Morgan fingerprint density at radius 3 is 0.963 bits per heavy atom. The molecule has 6 nitrogen and oxygen atoms in total. The summed E-state index contributed by atoms with van der Waals surface area (Å²) in [6.45, 7) is 4.94. The third-order valence-corrected chi connectivity index (χ3v) is 17.2. The first-order valence-corrected chi connectivity index (χ1v) is 36.7. The van der Waals surface area contributed by atoms with Crippen LogP contribution in [0.25, 0.3) is 0 Å². The average Bonchev–Trinajstić information content (AvgIpc) is 3.47. The molecular weight excluding hydrogens is 995 g/mol. The number of carbonyl (C=O) groups excluding carboxylic acids is 2. The molecule has 0 heterocycles. The standard InChI is InChI=1S/C75H143NO5/c1-3-5-7-9-11-13-14-15-16-43-46-49-53-57-61-65-69-75(80)81-70-66-62-58-54-50-47-44-41-39-37-35-33-31-29-27-25-23-21-19-17-18-20-22-24-26-28-30-32-34-36-38-40-42-45-48-52-56-60-64-68-74(79)76-72(71-77)73(78)67-63-59-55-51-12-10-8-6-4-2/h13-14,16-18,43,72-73,77-78H,3-12,15,19-42,44-71H2,1-2H3,(H,76,79)/b14-13-,18-17-,43-16-. The van der Waals surface area contributed by atoms with E-state index in [1.165, 1.54) is 321 Å². The number of hydrogen-bond acceptors (Lipinski definition) is 5. The molecule has 2 unspecified atom stereocenters. The number of aliphatic hydroxyl groups is 2. The van der Waals surface area contributed by atoms with Crippen molar-refractivity contribution >= 4 is 11.9 Å². The Morgan fingerprint density at radius 2 is 0.617 bits per heavy atom. The van der Waals surface area contributed by atoms with Crippen molar-refractivity contribution in [3.05, 3.63) is 36.5 Å². The fourth-order valence-electron chi connectivity index (χ4n) is 11.6. The zero-order valence-electron chi connectivity index (χ0n) is 54.8. The number of allylic oxidation sites excluding steroid dienone is 6. The molecule has 81 heavy (non-hydrogen) atoms. The largest absolute Gasteiger partial charge is 0.466 e. The molecule has 0 rings (SSSR count). The number of unbranched alkanes of at least 4 members (excludes halogenated alkanes) is 52. The van der Waals surface area contributed by atoms with E-state index in [1.54, 1.807) is 0 Å². The van der Waals surface area contributed by atoms with E-state index in [9.17, 15) is 19.8 Å². The molecule has 0 radical (unpaired) electrons. The minimum Gasteiger partial charge on any atom is -0.466 e. The predicted molar refractivity (Wildman–Crippen MR) is 356 cm³/mol. The zero-order chi connectivity index (χ0) is 58.5. The van der Waals surface area contributed by atoms with Crippen molar-refractivity contribution in [1.29, 1.82) is 0 Å². The SMILES string of the molecule is CCCCCC/C=C\C/C=C\CCCCCCCC(=O)OCCCCCCCCCCCCCCCCCCCC/C=C\CCCCCCCCCCCCCCCCCCCC(=O)NC(CO)C(O)CCCCCCCCCCC. The van der Waals surface area contributed by atoms with E-state index < -0.39 is 12.1 Å². The van der Waals surface area contributed by atoms with Crippen molar-refractivity contribution in [2.45, 2.75) is 418 Å². The number of rotatable bonds is 69. The highest BCUT2D eigenvalue weighted by molar-refractivity contribution is 5.76. The van der Waals surface area contributed by atoms with Crippen LogP contribution in [-0.4, -0.2) is 47.4 Å². The van der Waals surface area contributed by atoms with Crippen molar-refractivity contribution in [1.82, 2.24) is 5.32 Å². The quantitative estimate of drug-likeness (QED) is 0.0320. The van der Waals surface area contributed by atoms with Crippen LogP contribution < -0.4 is 5.32 Å². The van der Waals surface area contributed by atoms with Crippen LogP contribution in [0.2, 0.25) is 0 Å². The topological polar surface area (TPSA) is 95.9 Å². The van der Waals surface area contributed by atoms with Crippen molar-refractivity contribution in [2.75, 3.05) is 13.2 Å². The fourth-order valence-corrected chi connectivity index (χ4v) is 11.6. The van der Waals surface area contributed by atoms with Crippen LogP contribution in [0.4, 0.5) is 0 Å². The Hall–Kier alpha value is -1.92. The van der Waals surface area contributed by atoms with Crippen molar-refractivity contribution in [2.24, 2.45) is 0 Å². The van der Waals surface area contributed by atoms with E-state index in [0.717, 1.165) is 51.4 Å². The summed E-state index contributed by atoms with van der Waals surface area (Å²) < 4.78 is 5.50. The highest BCUT2D eigenvalue weighted by atomic mass is 16.5. The number of amides is 1. The molecule has 0 saturated heterocycles. The second-order valence-corrected chi connectivity index (χ2v) is 25.3. The molecule has 0 aliphatic rings. The molecule has 0 aromatic carbocycles. The number of hydrogen-bond donors (Lipinski definition) is 3. The van der Waals surface area contributed by atoms with Gasteiger partial charge in [0.05, 0.1) is 25.4 Å². The number of esters is 1. The van der Waals surface area contributed by atoms with Gasteiger partial charge in [0.15, 0.2) is 0 Å². The lowest BCUT2D eigenvalue weighted by atomic mass is 10.0. The number of carbonyl (C=O) groups is 2. The summed E-state index contributed by atoms with van der Waals surface area (Å²) in [5.41, 5.74) is 0. The van der Waals surface area contributed by atoms with Crippen molar-refractivity contribution in [3.8, 4) is 0 Å². The molecule has 0 aromatic heterocycles. The summed E-state index contributed by atoms with van der Waals surface area (Å²) in [6.07, 6.45) is 91.0. The number of nitrogens with one attached hydrogen (secondary N) is 1. The number of ether oxygens (including phenoxy) is 1. The van der Waals surface area contributed by atoms with Gasteiger partial charge in [-0.1, -0.05) is 346 Å². The Kier molecular flexibility index (Phi) is 68.9. The molecule has 0 spiro atoms. The second kappa shape index (κ2) is 70.6. The number of aliphatic hydroxyl groups excluding tert-OH is 2. The maximum atomic E-state index is 12.4. The molecule has 0 aliphatic carbocycles. The van der Waals surface area contributed by atoms with Gasteiger partial charge in [-0.25, -0.2) is 0 Å². The van der Waals surface area contributed by atoms with Crippen molar-refractivity contribution in [3.63, 3.8) is 0 Å². The van der Waals surface area contributed by atoms with Crippen LogP contribution in [0.1, 0.15) is 406 Å². The molecule has 478 valence electrons. The molecular formula is C75H143NO5. The van der Waals surface area contributed by atoms with E-state index in [1.807, 2.05) is 0 Å². The molecule has 0 aliphatic heterocycles. The summed E-state index contributed by atoms with van der Waals surface area (Å²) in [7, 11) is 0. The molecule has 2 atom stereocenters. The molecule has 3 N–H and O–H groups in total. The van der Waals surface area contributed by atoms with Gasteiger partial charge in [-0.3, -0.25) is 9.59 Å². The lowest BCUT2D eigenvalue weighted by molar-refractivity contribution is -0.143. The first-order valence-electron chi connectivity index (χ1n) is 36.7. The van der Waals surface area contributed by atoms with E-state index in [-0.39, 0.29) is 18.5 Å². The summed E-state index contributed by atoms with van der Waals surface area (Å²) in [6, 6.07) is -0.536. The van der Waals surface area contributed by atoms with Gasteiger partial charge in [0, 0.05) is 12.8 Å². The van der Waals surface area contributed by atoms with Gasteiger partial charge in [0.25, 0.3) is 0 Å². The normalized spacial score (nSPS) is 12.7. The fraction of sp³-hybridized carbons (Fsp3) is 0.893. The Bertz CT molecular complexity index is 1310. The van der Waals surface area contributed by atoms with Gasteiger partial charge >= 0.3 is 5.97 Å². The van der Waals surface area contributed by atoms with Crippen molar-refractivity contribution < 1.29 is 24.5 Å². The first-order chi connectivity index (χ1) is 40.0. The predicted octanol–water partition coefficient (Wildman–Crippen LogP) is 23.9. The minimum absolute atomic E-state index is 0.00922. The maximum absolute atomic E-state index is 12.4. The second-order valence-electron chi connectivity index (χ2n) is 25.3. The molecule has 0 aromatic rings. The lowest BCUT2D eigenvalue weighted by Crippen LogP contribution is -2.45. The monoisotopic (exact) mass is 1140 g/mol. The van der Waals surface area contributed by atoms with Crippen LogP contribution in [0.15, 0.2) is 36.5 Å². The third-order valence-electron chi connectivity index (χ3n) is 17.2. The van der Waals surface area contributed by atoms with E-state index in [0.29, 0.717) is 25.9 Å². The Balaban J connectivity index is 3.29. The lowest BCUT2D eigenvalue weighted by Gasteiger charge is -2.22. The van der Waals surface area contributed by atoms with E-state index in [2.05, 4.69) is 55.6 Å². The van der Waals surface area contributed by atoms with Gasteiger partial charge in [-0.2, -0.15) is 0 Å². The highest BCUT2D eigenvalue weighted by Crippen LogP contribution is 2.19. The van der Waals surface area contributed by atoms with E-state index >= 15 is 0 Å². The van der Waals surface area contributed by atoms with Gasteiger partial charge < -0.3 is 20.3 Å². The summed E-state index contributed by atoms with van der Waals surface area (Å²) in [5, 5.41) is 23.2. The molecule has 0 fully saturated rings. The molecule has 6 heteroatoms. The Labute approximate surface area is 506 Å². The van der Waals surface area contributed by atoms with E-state index in [4.69, 9.17) is 4.74 Å². The van der Waals surface area contributed by atoms with Gasteiger partial charge in [0.2, 0.25) is 5.91 Å². The van der Waals surface area contributed by atoms with Crippen LogP contribution >= 0.6 is 0 Å².